The Morgan fingerprint density at radius 2 is 2.06 bits per heavy atom. The number of aldehydes is 1. The van der Waals surface area contributed by atoms with Crippen LogP contribution in [0.3, 0.4) is 0 Å². The second-order valence-corrected chi connectivity index (χ2v) is 12.0. The van der Waals surface area contributed by atoms with Gasteiger partial charge in [0.1, 0.15) is 15.7 Å². The molecule has 0 N–H and O–H groups in total. The van der Waals surface area contributed by atoms with Crippen molar-refractivity contribution in [2.24, 2.45) is 16.7 Å². The number of rotatable bonds is 8. The first-order valence-electron chi connectivity index (χ1n) is 11.1. The van der Waals surface area contributed by atoms with E-state index in [0.29, 0.717) is 40.3 Å². The minimum Gasteiger partial charge on any atom is -0.462 e. The first-order chi connectivity index (χ1) is 15.9. The Labute approximate surface area is 202 Å². The number of ketones is 1. The molecule has 1 heterocycles. The minimum atomic E-state index is -4.15. The van der Waals surface area contributed by atoms with Gasteiger partial charge in [-0.25, -0.2) is 9.78 Å². The number of fused-ring (bicyclic) bond motifs is 2. The van der Waals surface area contributed by atoms with Gasteiger partial charge in [-0.1, -0.05) is 13.8 Å². The number of aromatic nitrogens is 1. The van der Waals surface area contributed by atoms with Crippen molar-refractivity contribution in [1.82, 2.24) is 4.98 Å². The van der Waals surface area contributed by atoms with Crippen LogP contribution in [0.2, 0.25) is 0 Å². The van der Waals surface area contributed by atoms with Crippen molar-refractivity contribution in [2.45, 2.75) is 47.0 Å². The van der Waals surface area contributed by atoms with E-state index in [1.807, 2.05) is 13.8 Å². The van der Waals surface area contributed by atoms with Crippen LogP contribution in [0, 0.1) is 23.7 Å². The van der Waals surface area contributed by atoms with E-state index in [4.69, 9.17) is 8.92 Å². The van der Waals surface area contributed by atoms with Crippen LogP contribution in [0.4, 0.5) is 0 Å². The van der Waals surface area contributed by atoms with Crippen molar-refractivity contribution >= 4 is 39.5 Å². The zero-order valence-electron chi connectivity index (χ0n) is 19.5. The second kappa shape index (κ2) is 8.57. The van der Waals surface area contributed by atoms with E-state index >= 15 is 0 Å². The maximum Gasteiger partial charge on any atom is 0.350 e. The average Bonchev–Trinajstić information content (AvgIpc) is 3.32. The molecule has 4 rings (SSSR count). The smallest absolute Gasteiger partial charge is 0.350 e. The Morgan fingerprint density at radius 1 is 1.32 bits per heavy atom. The molecule has 0 radical (unpaired) electrons. The molecule has 0 aliphatic heterocycles. The van der Waals surface area contributed by atoms with Gasteiger partial charge in [0, 0.05) is 12.0 Å². The van der Waals surface area contributed by atoms with Gasteiger partial charge in [0.25, 0.3) is 0 Å². The third kappa shape index (κ3) is 3.96. The average molecular weight is 506 g/mol. The molecule has 8 nitrogen and oxygen atoms in total. The molecule has 1 unspecified atom stereocenters. The highest BCUT2D eigenvalue weighted by atomic mass is 32.2. The number of ether oxygens (including phenoxy) is 1. The highest BCUT2D eigenvalue weighted by Crippen LogP contribution is 2.64. The Bertz CT molecular complexity index is 1280. The summed E-state index contributed by atoms with van der Waals surface area (Å²) in [6.45, 7) is 7.56. The summed E-state index contributed by atoms with van der Waals surface area (Å²) in [6, 6.07) is 4.45. The summed E-state index contributed by atoms with van der Waals surface area (Å²) in [7, 11) is -4.15. The van der Waals surface area contributed by atoms with Crippen LogP contribution in [0.5, 0.6) is 5.75 Å². The van der Waals surface area contributed by atoms with E-state index < -0.39 is 32.7 Å². The van der Waals surface area contributed by atoms with Gasteiger partial charge in [-0.3, -0.25) is 9.59 Å². The fraction of sp³-hybridized carbons (Fsp3) is 0.500. The lowest BCUT2D eigenvalue weighted by atomic mass is 9.70. The Hall–Kier alpha value is -2.59. The van der Waals surface area contributed by atoms with Crippen molar-refractivity contribution < 1.29 is 31.7 Å². The minimum absolute atomic E-state index is 0.0246. The monoisotopic (exact) mass is 505 g/mol. The lowest BCUT2D eigenvalue weighted by Gasteiger charge is -2.35. The molecule has 0 saturated heterocycles. The fourth-order valence-corrected chi connectivity index (χ4v) is 8.05. The summed E-state index contributed by atoms with van der Waals surface area (Å²) in [4.78, 5) is 41.3. The summed E-state index contributed by atoms with van der Waals surface area (Å²) < 4.78 is 36.5. The van der Waals surface area contributed by atoms with Crippen LogP contribution in [-0.2, 0) is 19.6 Å². The Balaban J connectivity index is 1.59. The summed E-state index contributed by atoms with van der Waals surface area (Å²) >= 11 is 1.13. The maximum atomic E-state index is 13.0. The largest absolute Gasteiger partial charge is 0.462 e. The third-order valence-corrected chi connectivity index (χ3v) is 9.89. The zero-order chi connectivity index (χ0) is 24.9. The van der Waals surface area contributed by atoms with E-state index in [9.17, 15) is 22.8 Å². The second-order valence-electron chi connectivity index (χ2n) is 9.48. The summed E-state index contributed by atoms with van der Waals surface area (Å²) in [6.07, 6.45) is 2.26. The van der Waals surface area contributed by atoms with Crippen molar-refractivity contribution in [2.75, 3.05) is 12.4 Å². The van der Waals surface area contributed by atoms with Crippen LogP contribution in [-0.4, -0.2) is 43.8 Å². The van der Waals surface area contributed by atoms with Crippen LogP contribution < -0.4 is 4.18 Å². The number of hydrogen-bond donors (Lipinski definition) is 0. The molecule has 34 heavy (non-hydrogen) atoms. The molecule has 0 amide bonds. The SMILES string of the molecule is CCOC(=O)c1sc(-c2ccc(OS(=O)(=O)C[C@]34CCC(CC3=O)C4(C)C)c(C=O)c2)nc1C. The van der Waals surface area contributed by atoms with Gasteiger partial charge in [0.2, 0.25) is 0 Å². The van der Waals surface area contributed by atoms with Gasteiger partial charge in [-0.15, -0.1) is 11.3 Å². The highest BCUT2D eigenvalue weighted by molar-refractivity contribution is 7.87. The molecule has 10 heteroatoms. The molecule has 182 valence electrons. The number of Topliss-reactive ketones (excluding diaryl/α,β-unsaturated/α-hetero) is 1. The topological polar surface area (TPSA) is 117 Å². The predicted molar refractivity (Wildman–Crippen MR) is 127 cm³/mol. The zero-order valence-corrected chi connectivity index (χ0v) is 21.2. The van der Waals surface area contributed by atoms with Gasteiger partial charge in [-0.05, 0) is 56.2 Å². The van der Waals surface area contributed by atoms with Crippen molar-refractivity contribution in [1.29, 1.82) is 0 Å². The Kier molecular flexibility index (Phi) is 6.18. The standard InChI is InChI=1S/C24H27NO7S2/c1-5-31-22(28)20-14(2)25-21(33-20)15-6-7-18(16(10-15)12-26)32-34(29,30)13-24-9-8-17(11-19(24)27)23(24,3)4/h6-7,10,12,17H,5,8-9,11,13H2,1-4H3/t17?,24-/m1/s1. The van der Waals surface area contributed by atoms with Crippen LogP contribution in [0.1, 0.15) is 65.8 Å². The molecule has 0 spiro atoms. The fourth-order valence-electron chi connectivity index (χ4n) is 5.33. The molecule has 2 aliphatic carbocycles. The molecule has 1 aromatic heterocycles. The number of esters is 1. The number of nitrogens with zero attached hydrogens (tertiary/aromatic N) is 1. The quantitative estimate of drug-likeness (QED) is 0.297. The molecule has 2 aliphatic rings. The van der Waals surface area contributed by atoms with Crippen molar-refractivity contribution in [3.05, 3.63) is 34.3 Å². The number of aryl methyl sites for hydroxylation is 1. The van der Waals surface area contributed by atoms with Crippen LogP contribution in [0.15, 0.2) is 18.2 Å². The lowest BCUT2D eigenvalue weighted by Crippen LogP contribution is -2.43. The molecule has 1 aromatic carbocycles. The van der Waals surface area contributed by atoms with Crippen molar-refractivity contribution in [3.8, 4) is 16.3 Å². The highest BCUT2D eigenvalue weighted by Gasteiger charge is 2.65. The van der Waals surface area contributed by atoms with Crippen LogP contribution in [0.25, 0.3) is 10.6 Å². The summed E-state index contributed by atoms with van der Waals surface area (Å²) in [5.41, 5.74) is -0.297. The third-order valence-electron chi connectivity index (χ3n) is 7.42. The molecule has 2 atom stereocenters. The van der Waals surface area contributed by atoms with Gasteiger partial charge in [0.05, 0.1) is 29.0 Å². The normalized spacial score (nSPS) is 23.2. The molecule has 2 fully saturated rings. The summed E-state index contributed by atoms with van der Waals surface area (Å²) in [5, 5.41) is 0.493. The molecule has 2 bridgehead atoms. The first kappa shape index (κ1) is 24.5. The predicted octanol–water partition coefficient (Wildman–Crippen LogP) is 4.21. The van der Waals surface area contributed by atoms with E-state index in [1.165, 1.54) is 12.1 Å². The number of benzene rings is 1. The summed E-state index contributed by atoms with van der Waals surface area (Å²) in [5.74, 6) is -0.823. The molecular weight excluding hydrogens is 478 g/mol. The van der Waals surface area contributed by atoms with Gasteiger partial charge >= 0.3 is 16.1 Å². The maximum absolute atomic E-state index is 13.0. The number of carbonyl (C=O) groups is 3. The first-order valence-corrected chi connectivity index (χ1v) is 13.5. The van der Waals surface area contributed by atoms with Crippen LogP contribution >= 0.6 is 11.3 Å². The van der Waals surface area contributed by atoms with Gasteiger partial charge < -0.3 is 8.92 Å². The van der Waals surface area contributed by atoms with Gasteiger partial charge in [-0.2, -0.15) is 8.42 Å². The van der Waals surface area contributed by atoms with E-state index in [1.54, 1.807) is 19.9 Å². The number of hydrogen-bond acceptors (Lipinski definition) is 9. The number of thiazole rings is 1. The van der Waals surface area contributed by atoms with E-state index in [0.717, 1.165) is 17.8 Å². The molecule has 2 aromatic rings. The van der Waals surface area contributed by atoms with E-state index in [-0.39, 0.29) is 29.6 Å². The Morgan fingerprint density at radius 3 is 2.65 bits per heavy atom. The molecular formula is C24H27NO7S2. The lowest BCUT2D eigenvalue weighted by molar-refractivity contribution is -0.128. The number of carbonyl (C=O) groups excluding carboxylic acids is 3. The van der Waals surface area contributed by atoms with Crippen molar-refractivity contribution in [3.63, 3.8) is 0 Å². The molecule has 2 saturated carbocycles. The van der Waals surface area contributed by atoms with Gasteiger partial charge in [0.15, 0.2) is 12.0 Å². The van der Waals surface area contributed by atoms with E-state index in [2.05, 4.69) is 4.98 Å².